The Morgan fingerprint density at radius 3 is 2.47 bits per heavy atom. The van der Waals surface area contributed by atoms with Crippen molar-refractivity contribution in [3.8, 4) is 11.5 Å². The summed E-state index contributed by atoms with van der Waals surface area (Å²) in [5, 5.41) is 2.92. The standard InChI is InChI=1S/C27H28N4O5/c1-35-21-12-11-19-23(24(21)36-2)27(34)31-20-9-4-3-8-18(20)26(33)30(25(19)31)16-7-10-22(32)28-13-17-29-14-5-6-15-29/h3-6,8-9,11-12,14-15,25H,7,10,13,16-17H2,1-2H3,(H,28,32). The molecule has 5 rings (SSSR count). The average molecular weight is 489 g/mol. The van der Waals surface area contributed by atoms with Crippen molar-refractivity contribution in [2.24, 2.45) is 0 Å². The molecule has 186 valence electrons. The van der Waals surface area contributed by atoms with Gasteiger partial charge in [-0.25, -0.2) is 0 Å². The molecule has 0 fully saturated rings. The maximum absolute atomic E-state index is 13.7. The van der Waals surface area contributed by atoms with Crippen molar-refractivity contribution in [2.45, 2.75) is 25.6 Å². The largest absolute Gasteiger partial charge is 0.493 e. The van der Waals surface area contributed by atoms with E-state index >= 15 is 0 Å². The van der Waals surface area contributed by atoms with Gasteiger partial charge in [0.2, 0.25) is 5.91 Å². The molecule has 0 spiro atoms. The minimum absolute atomic E-state index is 0.0711. The third-order valence-corrected chi connectivity index (χ3v) is 6.64. The number of para-hydroxylation sites is 1. The molecule has 1 unspecified atom stereocenters. The molecular weight excluding hydrogens is 460 g/mol. The number of nitrogens with one attached hydrogen (secondary N) is 1. The van der Waals surface area contributed by atoms with Gasteiger partial charge in [0.25, 0.3) is 11.8 Å². The van der Waals surface area contributed by atoms with Crippen molar-refractivity contribution in [1.29, 1.82) is 0 Å². The summed E-state index contributed by atoms with van der Waals surface area (Å²) in [6.07, 6.45) is 4.01. The fourth-order valence-corrected chi connectivity index (χ4v) is 4.99. The van der Waals surface area contributed by atoms with E-state index in [1.165, 1.54) is 14.2 Å². The Morgan fingerprint density at radius 1 is 0.944 bits per heavy atom. The zero-order valence-electron chi connectivity index (χ0n) is 20.3. The highest BCUT2D eigenvalue weighted by Crippen LogP contribution is 2.49. The van der Waals surface area contributed by atoms with Gasteiger partial charge in [0.15, 0.2) is 11.5 Å². The number of carbonyl (C=O) groups is 3. The van der Waals surface area contributed by atoms with Gasteiger partial charge in [-0.2, -0.15) is 0 Å². The third-order valence-electron chi connectivity index (χ3n) is 6.64. The molecule has 2 aromatic carbocycles. The Labute approximate surface area is 209 Å². The van der Waals surface area contributed by atoms with Crippen LogP contribution in [0.4, 0.5) is 5.69 Å². The van der Waals surface area contributed by atoms with Gasteiger partial charge in [-0.3, -0.25) is 19.3 Å². The molecule has 0 saturated heterocycles. The highest BCUT2D eigenvalue weighted by atomic mass is 16.5. The molecule has 1 N–H and O–H groups in total. The van der Waals surface area contributed by atoms with Crippen molar-refractivity contribution in [2.75, 3.05) is 32.2 Å². The number of methoxy groups -OCH3 is 2. The van der Waals surface area contributed by atoms with Gasteiger partial charge < -0.3 is 24.3 Å². The molecule has 0 radical (unpaired) electrons. The first-order valence-electron chi connectivity index (χ1n) is 11.9. The van der Waals surface area contributed by atoms with Gasteiger partial charge >= 0.3 is 0 Å². The number of rotatable bonds is 9. The molecule has 0 aliphatic carbocycles. The van der Waals surface area contributed by atoms with Crippen LogP contribution in [0, 0.1) is 0 Å². The molecule has 0 bridgehead atoms. The summed E-state index contributed by atoms with van der Waals surface area (Å²) in [5.41, 5.74) is 2.08. The fraction of sp³-hybridized carbons (Fsp3) is 0.296. The first-order chi connectivity index (χ1) is 17.5. The quantitative estimate of drug-likeness (QED) is 0.499. The van der Waals surface area contributed by atoms with E-state index in [0.717, 1.165) is 0 Å². The molecule has 1 aromatic heterocycles. The number of benzene rings is 2. The first-order valence-corrected chi connectivity index (χ1v) is 11.9. The van der Waals surface area contributed by atoms with Crippen LogP contribution < -0.4 is 19.7 Å². The second-order valence-corrected chi connectivity index (χ2v) is 8.70. The molecule has 0 saturated carbocycles. The Morgan fingerprint density at radius 2 is 1.72 bits per heavy atom. The molecule has 3 heterocycles. The molecule has 2 aliphatic rings. The normalized spacial score (nSPS) is 15.9. The summed E-state index contributed by atoms with van der Waals surface area (Å²) in [7, 11) is 3.01. The number of aromatic nitrogens is 1. The SMILES string of the molecule is COc1ccc2c(c1OC)C(=O)N1c3ccccc3C(=O)N(CCCC(=O)NCCn3cccc3)C21. The topological polar surface area (TPSA) is 93.1 Å². The Bertz CT molecular complexity index is 1300. The van der Waals surface area contributed by atoms with Crippen LogP contribution in [0.5, 0.6) is 11.5 Å². The van der Waals surface area contributed by atoms with E-state index in [9.17, 15) is 14.4 Å². The number of ether oxygens (including phenoxy) is 2. The number of anilines is 1. The van der Waals surface area contributed by atoms with Crippen molar-refractivity contribution >= 4 is 23.4 Å². The number of carbonyl (C=O) groups excluding carboxylic acids is 3. The number of hydrogen-bond acceptors (Lipinski definition) is 5. The Hall–Kier alpha value is -4.27. The van der Waals surface area contributed by atoms with Crippen molar-refractivity contribution < 1.29 is 23.9 Å². The molecule has 3 amide bonds. The van der Waals surface area contributed by atoms with Crippen LogP contribution in [-0.2, 0) is 11.3 Å². The minimum atomic E-state index is -0.619. The van der Waals surface area contributed by atoms with E-state index in [0.29, 0.717) is 59.9 Å². The summed E-state index contributed by atoms with van der Waals surface area (Å²) in [6, 6.07) is 14.5. The molecule has 3 aromatic rings. The van der Waals surface area contributed by atoms with Crippen LogP contribution in [0.15, 0.2) is 60.9 Å². The molecule has 1 atom stereocenters. The Balaban J connectivity index is 1.37. The second-order valence-electron chi connectivity index (χ2n) is 8.70. The molecule has 9 nitrogen and oxygen atoms in total. The van der Waals surface area contributed by atoms with Gasteiger partial charge in [-0.1, -0.05) is 18.2 Å². The van der Waals surface area contributed by atoms with Crippen molar-refractivity contribution in [3.05, 3.63) is 77.6 Å². The highest BCUT2D eigenvalue weighted by molar-refractivity contribution is 6.18. The lowest BCUT2D eigenvalue weighted by molar-refractivity contribution is -0.121. The number of hydrogen-bond donors (Lipinski definition) is 1. The third kappa shape index (κ3) is 3.96. The van der Waals surface area contributed by atoms with Gasteiger partial charge in [0, 0.05) is 44.0 Å². The lowest BCUT2D eigenvalue weighted by atomic mass is 10.0. The minimum Gasteiger partial charge on any atom is -0.493 e. The van der Waals surface area contributed by atoms with Gasteiger partial charge in [-0.15, -0.1) is 0 Å². The summed E-state index contributed by atoms with van der Waals surface area (Å²) < 4.78 is 13.0. The van der Waals surface area contributed by atoms with Crippen molar-refractivity contribution in [3.63, 3.8) is 0 Å². The van der Waals surface area contributed by atoms with Crippen LogP contribution >= 0.6 is 0 Å². The molecular formula is C27H28N4O5. The van der Waals surface area contributed by atoms with E-state index in [4.69, 9.17) is 9.47 Å². The predicted molar refractivity (Wildman–Crippen MR) is 133 cm³/mol. The summed E-state index contributed by atoms with van der Waals surface area (Å²) >= 11 is 0. The first kappa shape index (κ1) is 23.5. The summed E-state index contributed by atoms with van der Waals surface area (Å²) in [4.78, 5) is 43.0. The Kier molecular flexibility index (Phi) is 6.37. The fourth-order valence-electron chi connectivity index (χ4n) is 4.99. The van der Waals surface area contributed by atoms with E-state index in [2.05, 4.69) is 5.32 Å². The van der Waals surface area contributed by atoms with Gasteiger partial charge in [0.05, 0.1) is 31.0 Å². The van der Waals surface area contributed by atoms with E-state index in [1.54, 1.807) is 40.1 Å². The second kappa shape index (κ2) is 9.77. The molecule has 2 aliphatic heterocycles. The smallest absolute Gasteiger partial charge is 0.264 e. The molecule has 36 heavy (non-hydrogen) atoms. The maximum Gasteiger partial charge on any atom is 0.264 e. The lowest BCUT2D eigenvalue weighted by Crippen LogP contribution is -2.48. The highest BCUT2D eigenvalue weighted by Gasteiger charge is 2.49. The summed E-state index contributed by atoms with van der Waals surface area (Å²) in [6.45, 7) is 1.55. The van der Waals surface area contributed by atoms with Crippen molar-refractivity contribution in [1.82, 2.24) is 14.8 Å². The van der Waals surface area contributed by atoms with Crippen LogP contribution in [0.1, 0.15) is 45.3 Å². The van der Waals surface area contributed by atoms with E-state index in [1.807, 2.05) is 35.2 Å². The summed E-state index contributed by atoms with van der Waals surface area (Å²) in [5.74, 6) is 0.306. The maximum atomic E-state index is 13.7. The van der Waals surface area contributed by atoms with E-state index in [-0.39, 0.29) is 24.1 Å². The number of fused-ring (bicyclic) bond motifs is 5. The number of nitrogens with zero attached hydrogens (tertiary/aromatic N) is 3. The van der Waals surface area contributed by atoms with Gasteiger partial charge in [0.1, 0.15) is 6.17 Å². The van der Waals surface area contributed by atoms with Crippen LogP contribution in [0.25, 0.3) is 0 Å². The zero-order valence-corrected chi connectivity index (χ0v) is 20.3. The van der Waals surface area contributed by atoms with E-state index < -0.39 is 6.17 Å². The average Bonchev–Trinajstić information content (AvgIpc) is 3.52. The predicted octanol–water partition coefficient (Wildman–Crippen LogP) is 3.22. The monoisotopic (exact) mass is 488 g/mol. The van der Waals surface area contributed by atoms with Gasteiger partial charge in [-0.05, 0) is 36.8 Å². The van der Waals surface area contributed by atoms with Crippen LogP contribution in [-0.4, -0.2) is 54.5 Å². The number of amides is 3. The lowest BCUT2D eigenvalue weighted by Gasteiger charge is -2.41. The van der Waals surface area contributed by atoms with Crippen LogP contribution in [0.2, 0.25) is 0 Å². The zero-order chi connectivity index (χ0) is 25.2. The van der Waals surface area contributed by atoms with Crippen LogP contribution in [0.3, 0.4) is 0 Å². The molecule has 9 heteroatoms.